The molecule has 0 radical (unpaired) electrons. The van der Waals surface area contributed by atoms with E-state index in [-0.39, 0.29) is 6.10 Å². The van der Waals surface area contributed by atoms with Gasteiger partial charge in [0.2, 0.25) is 0 Å². The largest absolute Gasteiger partial charge is 0.396 e. The smallest absolute Gasteiger partial charge is 0.0750 e. The Morgan fingerprint density at radius 2 is 2.21 bits per heavy atom. The third-order valence-corrected chi connectivity index (χ3v) is 4.02. The van der Waals surface area contributed by atoms with Crippen LogP contribution >= 0.6 is 0 Å². The Morgan fingerprint density at radius 3 is 2.95 bits per heavy atom. The van der Waals surface area contributed by atoms with Crippen LogP contribution in [0.15, 0.2) is 30.5 Å². The molecule has 1 aliphatic heterocycles. The number of ether oxygens (including phenoxy) is 1. The van der Waals surface area contributed by atoms with Gasteiger partial charge >= 0.3 is 0 Å². The summed E-state index contributed by atoms with van der Waals surface area (Å²) in [5, 5.41) is 1.01. The van der Waals surface area contributed by atoms with E-state index in [9.17, 15) is 0 Å². The molecule has 0 aliphatic carbocycles. The highest BCUT2D eigenvalue weighted by Crippen LogP contribution is 2.33. The summed E-state index contributed by atoms with van der Waals surface area (Å²) in [6, 6.07) is 8.40. The number of anilines is 2. The van der Waals surface area contributed by atoms with Crippen LogP contribution in [0.2, 0.25) is 0 Å². The van der Waals surface area contributed by atoms with Crippen LogP contribution in [0.3, 0.4) is 0 Å². The highest BCUT2D eigenvalue weighted by molar-refractivity contribution is 5.97. The molecule has 2 atom stereocenters. The minimum atomic E-state index is 0.244. The van der Waals surface area contributed by atoms with E-state index < -0.39 is 0 Å². The molecule has 19 heavy (non-hydrogen) atoms. The molecule has 100 valence electrons. The van der Waals surface area contributed by atoms with Gasteiger partial charge in [0, 0.05) is 25.2 Å². The summed E-state index contributed by atoms with van der Waals surface area (Å²) in [7, 11) is 2.09. The molecular formula is C15H19N3O. The van der Waals surface area contributed by atoms with E-state index in [0.29, 0.717) is 6.04 Å². The zero-order valence-electron chi connectivity index (χ0n) is 11.3. The lowest BCUT2D eigenvalue weighted by atomic mass is 10.1. The number of hydrogen-bond donors (Lipinski definition) is 1. The molecule has 1 fully saturated rings. The van der Waals surface area contributed by atoms with Gasteiger partial charge < -0.3 is 15.4 Å². The summed E-state index contributed by atoms with van der Waals surface area (Å²) in [6.07, 6.45) is 3.08. The Bertz CT molecular complexity index is 599. The Labute approximate surface area is 113 Å². The number of hydrogen-bond acceptors (Lipinski definition) is 4. The minimum absolute atomic E-state index is 0.244. The molecule has 1 aromatic carbocycles. The Morgan fingerprint density at radius 1 is 1.37 bits per heavy atom. The first kappa shape index (κ1) is 12.2. The Hall–Kier alpha value is -1.81. The summed E-state index contributed by atoms with van der Waals surface area (Å²) in [4.78, 5) is 6.57. The van der Waals surface area contributed by atoms with Crippen LogP contribution in [0.4, 0.5) is 11.4 Å². The van der Waals surface area contributed by atoms with E-state index in [1.54, 1.807) is 6.20 Å². The molecule has 2 unspecified atom stereocenters. The summed E-state index contributed by atoms with van der Waals surface area (Å²) >= 11 is 0. The number of likely N-dealkylation sites (N-methyl/N-ethyl adjacent to an activating group) is 1. The van der Waals surface area contributed by atoms with Crippen molar-refractivity contribution in [2.45, 2.75) is 25.5 Å². The van der Waals surface area contributed by atoms with Crippen LogP contribution < -0.4 is 10.6 Å². The highest BCUT2D eigenvalue weighted by atomic mass is 16.5. The predicted octanol–water partition coefficient (Wildman–Crippen LogP) is 2.43. The Balaban J connectivity index is 2.02. The molecule has 4 nitrogen and oxygen atoms in total. The van der Waals surface area contributed by atoms with Crippen molar-refractivity contribution in [3.63, 3.8) is 0 Å². The van der Waals surface area contributed by atoms with Crippen LogP contribution in [-0.4, -0.2) is 30.8 Å². The maximum Gasteiger partial charge on any atom is 0.0750 e. The van der Waals surface area contributed by atoms with Crippen molar-refractivity contribution in [1.82, 2.24) is 4.98 Å². The van der Waals surface area contributed by atoms with E-state index in [4.69, 9.17) is 10.5 Å². The molecule has 2 N–H and O–H groups in total. The first-order valence-electron chi connectivity index (χ1n) is 6.66. The average Bonchev–Trinajstić information content (AvgIpc) is 2.85. The summed E-state index contributed by atoms with van der Waals surface area (Å²) < 4.78 is 5.64. The first-order valence-corrected chi connectivity index (χ1v) is 6.66. The summed E-state index contributed by atoms with van der Waals surface area (Å²) in [6.45, 7) is 2.94. The number of nitrogens with zero attached hydrogens (tertiary/aromatic N) is 2. The highest BCUT2D eigenvalue weighted by Gasteiger charge is 2.29. The van der Waals surface area contributed by atoms with Gasteiger partial charge in [0.25, 0.3) is 0 Å². The molecule has 0 amide bonds. The number of pyridine rings is 1. The van der Waals surface area contributed by atoms with E-state index in [1.807, 2.05) is 18.2 Å². The van der Waals surface area contributed by atoms with Gasteiger partial charge in [-0.1, -0.05) is 0 Å². The molecule has 0 spiro atoms. The second kappa shape index (κ2) is 4.70. The monoisotopic (exact) mass is 257 g/mol. The molecule has 1 aromatic heterocycles. The molecular weight excluding hydrogens is 238 g/mol. The lowest BCUT2D eigenvalue weighted by Gasteiger charge is -2.30. The topological polar surface area (TPSA) is 51.4 Å². The standard InChI is InChI=1S/C15H19N3O/c1-10-13(7-9-19-10)18(2)14-6-5-12-11(15(14)16)4-3-8-17-12/h3-6,8,10,13H,7,9,16H2,1-2H3. The zero-order valence-corrected chi connectivity index (χ0v) is 11.3. The van der Waals surface area contributed by atoms with Gasteiger partial charge in [-0.2, -0.15) is 0 Å². The minimum Gasteiger partial charge on any atom is -0.396 e. The third kappa shape index (κ3) is 2.02. The quantitative estimate of drug-likeness (QED) is 0.839. The third-order valence-electron chi connectivity index (χ3n) is 4.02. The Kier molecular flexibility index (Phi) is 3.03. The van der Waals surface area contributed by atoms with E-state index in [2.05, 4.69) is 29.9 Å². The molecule has 2 aromatic rings. The SMILES string of the molecule is CC1OCCC1N(C)c1ccc2ncccc2c1N. The van der Waals surface area contributed by atoms with Gasteiger partial charge in [-0.05, 0) is 37.6 Å². The fourth-order valence-electron chi connectivity index (χ4n) is 2.88. The molecule has 1 saturated heterocycles. The van der Waals surface area contributed by atoms with Crippen molar-refractivity contribution < 1.29 is 4.74 Å². The number of rotatable bonds is 2. The predicted molar refractivity (Wildman–Crippen MR) is 78.4 cm³/mol. The van der Waals surface area contributed by atoms with Crippen molar-refractivity contribution in [2.75, 3.05) is 24.3 Å². The van der Waals surface area contributed by atoms with Crippen molar-refractivity contribution in [3.8, 4) is 0 Å². The molecule has 4 heteroatoms. The molecule has 3 rings (SSSR count). The van der Waals surface area contributed by atoms with Crippen LogP contribution in [0.25, 0.3) is 10.9 Å². The first-order chi connectivity index (χ1) is 9.18. The van der Waals surface area contributed by atoms with Crippen molar-refractivity contribution in [2.24, 2.45) is 0 Å². The second-order valence-corrected chi connectivity index (χ2v) is 5.11. The number of benzene rings is 1. The van der Waals surface area contributed by atoms with E-state index in [0.717, 1.165) is 35.3 Å². The van der Waals surface area contributed by atoms with E-state index in [1.165, 1.54) is 0 Å². The fraction of sp³-hybridized carbons (Fsp3) is 0.400. The fourth-order valence-corrected chi connectivity index (χ4v) is 2.88. The molecule has 0 bridgehead atoms. The number of fused-ring (bicyclic) bond motifs is 1. The zero-order chi connectivity index (χ0) is 13.4. The summed E-state index contributed by atoms with van der Waals surface area (Å²) in [5.41, 5.74) is 9.10. The normalized spacial score (nSPS) is 22.8. The number of nitrogen functional groups attached to an aromatic ring is 1. The van der Waals surface area contributed by atoms with Gasteiger partial charge in [0.05, 0.1) is 29.0 Å². The van der Waals surface area contributed by atoms with Gasteiger partial charge in [0.15, 0.2) is 0 Å². The van der Waals surface area contributed by atoms with Crippen molar-refractivity contribution in [3.05, 3.63) is 30.5 Å². The van der Waals surface area contributed by atoms with Crippen LogP contribution in [0.1, 0.15) is 13.3 Å². The number of nitrogens with two attached hydrogens (primary N) is 1. The van der Waals surface area contributed by atoms with Gasteiger partial charge in [-0.25, -0.2) is 0 Å². The maximum atomic E-state index is 6.31. The lowest BCUT2D eigenvalue weighted by Crippen LogP contribution is -2.37. The van der Waals surface area contributed by atoms with Crippen molar-refractivity contribution in [1.29, 1.82) is 0 Å². The lowest BCUT2D eigenvalue weighted by molar-refractivity contribution is 0.118. The van der Waals surface area contributed by atoms with Crippen LogP contribution in [-0.2, 0) is 4.74 Å². The molecule has 0 saturated carbocycles. The van der Waals surface area contributed by atoms with E-state index >= 15 is 0 Å². The summed E-state index contributed by atoms with van der Waals surface area (Å²) in [5.74, 6) is 0. The molecule has 2 heterocycles. The molecule has 1 aliphatic rings. The second-order valence-electron chi connectivity index (χ2n) is 5.11. The van der Waals surface area contributed by atoms with Crippen LogP contribution in [0.5, 0.6) is 0 Å². The van der Waals surface area contributed by atoms with Crippen LogP contribution in [0, 0.1) is 0 Å². The van der Waals surface area contributed by atoms with Crippen molar-refractivity contribution >= 4 is 22.3 Å². The van der Waals surface area contributed by atoms with Gasteiger partial charge in [0.1, 0.15) is 0 Å². The average molecular weight is 257 g/mol. The number of aromatic nitrogens is 1. The van der Waals surface area contributed by atoms with Gasteiger partial charge in [-0.3, -0.25) is 4.98 Å². The van der Waals surface area contributed by atoms with Gasteiger partial charge in [-0.15, -0.1) is 0 Å². The maximum absolute atomic E-state index is 6.31.